The molecule has 0 unspecified atom stereocenters. The van der Waals surface area contributed by atoms with Crippen molar-refractivity contribution in [1.29, 1.82) is 0 Å². The third kappa shape index (κ3) is 3.21. The molecule has 4 heteroatoms. The molecule has 0 radical (unpaired) electrons. The molecule has 0 fully saturated rings. The molecule has 4 nitrogen and oxygen atoms in total. The molecule has 0 saturated carbocycles. The van der Waals surface area contributed by atoms with Crippen LogP contribution in [-0.4, -0.2) is 27.3 Å². The number of nitrogens with two attached hydrogens (primary N) is 1. The summed E-state index contributed by atoms with van der Waals surface area (Å²) in [5, 5.41) is 0. The summed E-state index contributed by atoms with van der Waals surface area (Å²) in [6, 6.07) is 12.5. The van der Waals surface area contributed by atoms with Crippen molar-refractivity contribution in [3.63, 3.8) is 0 Å². The molecule has 0 saturated heterocycles. The lowest BCUT2D eigenvalue weighted by Gasteiger charge is -2.20. The molecular weight excluding hydrogens is 288 g/mol. The number of hydrogen-bond acceptors (Lipinski definition) is 4. The Hall–Kier alpha value is -2.36. The summed E-state index contributed by atoms with van der Waals surface area (Å²) in [4.78, 5) is 2.47. The molecule has 1 aliphatic rings. The highest BCUT2D eigenvalue weighted by Gasteiger charge is 2.18. The normalized spacial score (nSPS) is 13.0. The van der Waals surface area contributed by atoms with Crippen LogP contribution in [-0.2, 0) is 12.8 Å². The van der Waals surface area contributed by atoms with Gasteiger partial charge in [-0.3, -0.25) is 0 Å². The quantitative estimate of drug-likeness (QED) is 0.832. The van der Waals surface area contributed by atoms with E-state index in [0.29, 0.717) is 11.4 Å². The summed E-state index contributed by atoms with van der Waals surface area (Å²) in [5.74, 6) is 1.51. The molecule has 0 spiro atoms. The molecule has 2 N–H and O–H groups in total. The number of ether oxygens (including phenoxy) is 2. The molecule has 122 valence electrons. The molecule has 1 aliphatic heterocycles. The summed E-state index contributed by atoms with van der Waals surface area (Å²) >= 11 is 0. The van der Waals surface area contributed by atoms with Crippen LogP contribution >= 0.6 is 0 Å². The van der Waals surface area contributed by atoms with Crippen LogP contribution in [0, 0.1) is 0 Å². The van der Waals surface area contributed by atoms with Gasteiger partial charge in [-0.2, -0.15) is 0 Å². The Morgan fingerprint density at radius 1 is 1.09 bits per heavy atom. The first-order chi connectivity index (χ1) is 11.2. The van der Waals surface area contributed by atoms with Gasteiger partial charge >= 0.3 is 0 Å². The Kier molecular flexibility index (Phi) is 4.60. The molecule has 2 aromatic carbocycles. The summed E-state index contributed by atoms with van der Waals surface area (Å²) in [6.45, 7) is 2.16. The number of benzene rings is 2. The molecule has 0 bridgehead atoms. The number of methoxy groups -OCH3 is 2. The van der Waals surface area contributed by atoms with E-state index in [0.717, 1.165) is 43.7 Å². The number of nitrogen functional groups attached to an aromatic ring is 1. The molecule has 0 atom stereocenters. The van der Waals surface area contributed by atoms with Crippen LogP contribution in [0.15, 0.2) is 36.4 Å². The van der Waals surface area contributed by atoms with E-state index in [-0.39, 0.29) is 0 Å². The highest BCUT2D eigenvalue weighted by atomic mass is 16.5. The Morgan fingerprint density at radius 3 is 2.65 bits per heavy atom. The van der Waals surface area contributed by atoms with Gasteiger partial charge in [-0.05, 0) is 42.5 Å². The van der Waals surface area contributed by atoms with E-state index in [1.165, 1.54) is 11.3 Å². The van der Waals surface area contributed by atoms with E-state index >= 15 is 0 Å². The van der Waals surface area contributed by atoms with Gasteiger partial charge < -0.3 is 20.1 Å². The fraction of sp³-hybridized carbons (Fsp3) is 0.368. The van der Waals surface area contributed by atoms with Crippen molar-refractivity contribution in [3.05, 3.63) is 47.5 Å². The zero-order chi connectivity index (χ0) is 16.2. The van der Waals surface area contributed by atoms with Crippen molar-refractivity contribution >= 4 is 11.4 Å². The minimum Gasteiger partial charge on any atom is -0.496 e. The molecule has 2 aromatic rings. The molecule has 0 aromatic heterocycles. The lowest BCUT2D eigenvalue weighted by molar-refractivity contribution is 0.392. The summed E-state index contributed by atoms with van der Waals surface area (Å²) in [7, 11) is 3.31. The Balaban J connectivity index is 1.64. The van der Waals surface area contributed by atoms with E-state index in [9.17, 15) is 0 Å². The van der Waals surface area contributed by atoms with E-state index in [1.54, 1.807) is 14.2 Å². The van der Waals surface area contributed by atoms with Crippen molar-refractivity contribution in [3.8, 4) is 11.5 Å². The number of nitrogens with zero attached hydrogens (tertiary/aromatic N) is 1. The first kappa shape index (κ1) is 15.5. The molecule has 1 heterocycles. The van der Waals surface area contributed by atoms with Gasteiger partial charge in [0.15, 0.2) is 0 Å². The summed E-state index contributed by atoms with van der Waals surface area (Å²) in [6.07, 6.45) is 3.15. The molecular formula is C19H24N2O2. The van der Waals surface area contributed by atoms with Gasteiger partial charge in [-0.1, -0.05) is 18.2 Å². The molecule has 0 aliphatic carbocycles. The summed E-state index contributed by atoms with van der Waals surface area (Å²) in [5.41, 5.74) is 10.7. The fourth-order valence-corrected chi connectivity index (χ4v) is 3.29. The number of para-hydroxylation sites is 1. The van der Waals surface area contributed by atoms with Gasteiger partial charge in [0.2, 0.25) is 0 Å². The van der Waals surface area contributed by atoms with E-state index in [1.807, 2.05) is 12.1 Å². The predicted octanol–water partition coefficient (Wildman–Crippen LogP) is 3.28. The molecule has 3 rings (SSSR count). The van der Waals surface area contributed by atoms with E-state index in [4.69, 9.17) is 15.2 Å². The molecule has 0 amide bonds. The number of rotatable bonds is 6. The van der Waals surface area contributed by atoms with Crippen molar-refractivity contribution in [2.75, 3.05) is 37.9 Å². The van der Waals surface area contributed by atoms with Crippen LogP contribution in [0.25, 0.3) is 0 Å². The second kappa shape index (κ2) is 6.82. The van der Waals surface area contributed by atoms with Gasteiger partial charge in [0.1, 0.15) is 11.5 Å². The zero-order valence-electron chi connectivity index (χ0n) is 13.8. The highest BCUT2D eigenvalue weighted by molar-refractivity contribution is 5.60. The standard InChI is InChI=1S/C19H24N2O2/c1-22-18-13-19(23-2)16(20)12-15(18)7-5-10-21-11-9-14-6-3-4-8-17(14)21/h3-4,6,8,12-13H,5,7,9-11,20H2,1-2H3. The van der Waals surface area contributed by atoms with Crippen LogP contribution < -0.4 is 20.1 Å². The minimum atomic E-state index is 0.662. The topological polar surface area (TPSA) is 47.7 Å². The smallest absolute Gasteiger partial charge is 0.145 e. The van der Waals surface area contributed by atoms with Gasteiger partial charge in [-0.15, -0.1) is 0 Å². The van der Waals surface area contributed by atoms with E-state index in [2.05, 4.69) is 29.2 Å². The second-order valence-corrected chi connectivity index (χ2v) is 5.88. The lowest BCUT2D eigenvalue weighted by Crippen LogP contribution is -2.22. The third-order valence-corrected chi connectivity index (χ3v) is 4.49. The molecule has 23 heavy (non-hydrogen) atoms. The Bertz CT molecular complexity index is 685. The van der Waals surface area contributed by atoms with Crippen LogP contribution in [0.1, 0.15) is 17.5 Å². The number of anilines is 2. The largest absolute Gasteiger partial charge is 0.496 e. The fourth-order valence-electron chi connectivity index (χ4n) is 3.29. The van der Waals surface area contributed by atoms with Crippen molar-refractivity contribution in [2.45, 2.75) is 19.3 Å². The maximum absolute atomic E-state index is 6.02. The van der Waals surface area contributed by atoms with Crippen LogP contribution in [0.2, 0.25) is 0 Å². The van der Waals surface area contributed by atoms with Crippen LogP contribution in [0.5, 0.6) is 11.5 Å². The second-order valence-electron chi connectivity index (χ2n) is 5.88. The van der Waals surface area contributed by atoms with Crippen LogP contribution in [0.3, 0.4) is 0 Å². The Labute approximate surface area is 137 Å². The minimum absolute atomic E-state index is 0.662. The number of aryl methyl sites for hydroxylation is 1. The van der Waals surface area contributed by atoms with Crippen LogP contribution in [0.4, 0.5) is 11.4 Å². The Morgan fingerprint density at radius 2 is 1.87 bits per heavy atom. The zero-order valence-corrected chi connectivity index (χ0v) is 13.8. The first-order valence-electron chi connectivity index (χ1n) is 8.06. The average molecular weight is 312 g/mol. The van der Waals surface area contributed by atoms with Gasteiger partial charge in [-0.25, -0.2) is 0 Å². The SMILES string of the molecule is COc1cc(OC)c(CCCN2CCc3ccccc32)cc1N. The predicted molar refractivity (Wildman–Crippen MR) is 94.6 cm³/mol. The van der Waals surface area contributed by atoms with Gasteiger partial charge in [0.25, 0.3) is 0 Å². The maximum Gasteiger partial charge on any atom is 0.145 e. The number of fused-ring (bicyclic) bond motifs is 1. The van der Waals surface area contributed by atoms with Crippen molar-refractivity contribution in [2.24, 2.45) is 0 Å². The average Bonchev–Trinajstić information content (AvgIpc) is 2.98. The van der Waals surface area contributed by atoms with Gasteiger partial charge in [0.05, 0.1) is 19.9 Å². The van der Waals surface area contributed by atoms with Crippen molar-refractivity contribution < 1.29 is 9.47 Å². The highest BCUT2D eigenvalue weighted by Crippen LogP contribution is 2.32. The van der Waals surface area contributed by atoms with Crippen molar-refractivity contribution in [1.82, 2.24) is 0 Å². The lowest BCUT2D eigenvalue weighted by atomic mass is 10.1. The number of hydrogen-bond donors (Lipinski definition) is 1. The monoisotopic (exact) mass is 312 g/mol. The maximum atomic E-state index is 6.02. The first-order valence-corrected chi connectivity index (χ1v) is 8.06. The summed E-state index contributed by atoms with van der Waals surface area (Å²) < 4.78 is 10.7. The third-order valence-electron chi connectivity index (χ3n) is 4.49. The van der Waals surface area contributed by atoms with Gasteiger partial charge in [0, 0.05) is 24.8 Å². The van der Waals surface area contributed by atoms with E-state index < -0.39 is 0 Å².